The minimum atomic E-state index is -0.463. The topological polar surface area (TPSA) is 97.4 Å². The largest absolute Gasteiger partial charge is 0.353 e. The summed E-state index contributed by atoms with van der Waals surface area (Å²) < 4.78 is 1.97. The number of anilines is 1. The Balaban J connectivity index is 1.36. The minimum Gasteiger partial charge on any atom is -0.353 e. The Morgan fingerprint density at radius 1 is 1.06 bits per heavy atom. The third-order valence-electron chi connectivity index (χ3n) is 6.14. The smallest absolute Gasteiger partial charge is 0.287 e. The van der Waals surface area contributed by atoms with Crippen molar-refractivity contribution in [3.8, 4) is 0 Å². The molecular formula is C25H28N6O3. The Morgan fingerprint density at radius 3 is 2.38 bits per heavy atom. The molecular weight excluding hydrogens is 432 g/mol. The number of hydrogen-bond donors (Lipinski definition) is 0. The van der Waals surface area contributed by atoms with Crippen LogP contribution in [0, 0.1) is 30.9 Å². The molecule has 1 aromatic carbocycles. The summed E-state index contributed by atoms with van der Waals surface area (Å²) in [5, 5.41) is 15.5. The van der Waals surface area contributed by atoms with Crippen molar-refractivity contribution in [1.82, 2.24) is 19.7 Å². The van der Waals surface area contributed by atoms with Crippen LogP contribution in [0.1, 0.15) is 28.1 Å². The molecule has 1 amide bonds. The Hall–Kier alpha value is -4.01. The van der Waals surface area contributed by atoms with Gasteiger partial charge in [0.1, 0.15) is 12.0 Å². The van der Waals surface area contributed by atoms with Gasteiger partial charge in [-0.05, 0) is 38.5 Å². The number of aromatic nitrogens is 3. The quantitative estimate of drug-likeness (QED) is 0.317. The molecule has 1 aliphatic heterocycles. The van der Waals surface area contributed by atoms with Crippen LogP contribution >= 0.6 is 0 Å². The molecule has 0 unspecified atom stereocenters. The molecule has 2 aromatic heterocycles. The maximum atomic E-state index is 12.8. The van der Waals surface area contributed by atoms with E-state index in [4.69, 9.17) is 0 Å². The van der Waals surface area contributed by atoms with Crippen molar-refractivity contribution in [3.05, 3.63) is 86.9 Å². The number of piperazine rings is 1. The van der Waals surface area contributed by atoms with Gasteiger partial charge in [-0.3, -0.25) is 19.6 Å². The number of carbonyl (C=O) groups excluding carboxylic acids is 1. The van der Waals surface area contributed by atoms with Gasteiger partial charge in [0.2, 0.25) is 5.91 Å². The monoisotopic (exact) mass is 460 g/mol. The summed E-state index contributed by atoms with van der Waals surface area (Å²) in [6, 6.07) is 11.5. The van der Waals surface area contributed by atoms with Crippen LogP contribution in [0.15, 0.2) is 48.7 Å². The van der Waals surface area contributed by atoms with Crippen LogP contribution in [-0.2, 0) is 11.3 Å². The second kappa shape index (κ2) is 9.86. The Morgan fingerprint density at radius 2 is 1.76 bits per heavy atom. The second-order valence-corrected chi connectivity index (χ2v) is 8.51. The fourth-order valence-corrected chi connectivity index (χ4v) is 4.06. The highest BCUT2D eigenvalue weighted by molar-refractivity contribution is 5.92. The van der Waals surface area contributed by atoms with Gasteiger partial charge < -0.3 is 9.80 Å². The molecule has 0 N–H and O–H groups in total. The molecule has 9 nitrogen and oxygen atoms in total. The Bertz CT molecular complexity index is 1210. The van der Waals surface area contributed by atoms with Crippen molar-refractivity contribution in [1.29, 1.82) is 0 Å². The number of aryl methyl sites for hydroxylation is 2. The zero-order valence-electron chi connectivity index (χ0n) is 19.6. The van der Waals surface area contributed by atoms with Gasteiger partial charge in [-0.25, -0.2) is 4.98 Å². The molecule has 0 atom stereocenters. The van der Waals surface area contributed by atoms with Gasteiger partial charge >= 0.3 is 0 Å². The van der Waals surface area contributed by atoms with Gasteiger partial charge in [0.25, 0.3) is 5.69 Å². The van der Waals surface area contributed by atoms with Crippen molar-refractivity contribution in [3.63, 3.8) is 0 Å². The lowest BCUT2D eigenvalue weighted by atomic mass is 10.1. The van der Waals surface area contributed by atoms with E-state index in [1.54, 1.807) is 17.0 Å². The highest BCUT2D eigenvalue weighted by Gasteiger charge is 2.21. The van der Waals surface area contributed by atoms with Crippen molar-refractivity contribution in [2.24, 2.45) is 0 Å². The third kappa shape index (κ3) is 5.14. The molecule has 1 fully saturated rings. The summed E-state index contributed by atoms with van der Waals surface area (Å²) in [6.45, 7) is 9.10. The van der Waals surface area contributed by atoms with Crippen LogP contribution in [0.5, 0.6) is 0 Å². The van der Waals surface area contributed by atoms with E-state index in [2.05, 4.69) is 41.3 Å². The van der Waals surface area contributed by atoms with Crippen LogP contribution in [0.2, 0.25) is 0 Å². The fraction of sp³-hybridized carbons (Fsp3) is 0.320. The van der Waals surface area contributed by atoms with Gasteiger partial charge in [0, 0.05) is 49.6 Å². The number of pyridine rings is 1. The number of rotatable bonds is 6. The van der Waals surface area contributed by atoms with Gasteiger partial charge in [-0.2, -0.15) is 5.10 Å². The molecule has 0 radical (unpaired) electrons. The van der Waals surface area contributed by atoms with Gasteiger partial charge in [-0.1, -0.05) is 29.8 Å². The summed E-state index contributed by atoms with van der Waals surface area (Å²) in [7, 11) is 0. The number of carbonyl (C=O) groups is 1. The molecule has 34 heavy (non-hydrogen) atoms. The number of nitro groups is 1. The van der Waals surface area contributed by atoms with Crippen LogP contribution < -0.4 is 4.90 Å². The van der Waals surface area contributed by atoms with E-state index in [-0.39, 0.29) is 11.6 Å². The first-order chi connectivity index (χ1) is 16.3. The normalized spacial score (nSPS) is 14.1. The zero-order chi connectivity index (χ0) is 24.2. The molecule has 9 heteroatoms. The summed E-state index contributed by atoms with van der Waals surface area (Å²) in [5.41, 5.74) is 5.26. The Kier molecular flexibility index (Phi) is 6.72. The molecule has 0 aliphatic carbocycles. The molecule has 176 valence electrons. The van der Waals surface area contributed by atoms with Crippen molar-refractivity contribution >= 4 is 23.5 Å². The van der Waals surface area contributed by atoms with Crippen molar-refractivity contribution in [2.45, 2.75) is 27.3 Å². The lowest BCUT2D eigenvalue weighted by Gasteiger charge is -2.34. The molecule has 3 aromatic rings. The van der Waals surface area contributed by atoms with E-state index < -0.39 is 4.92 Å². The maximum Gasteiger partial charge on any atom is 0.287 e. The lowest BCUT2D eigenvalue weighted by Crippen LogP contribution is -2.48. The zero-order valence-corrected chi connectivity index (χ0v) is 19.6. The first-order valence-corrected chi connectivity index (χ1v) is 11.2. The van der Waals surface area contributed by atoms with Crippen LogP contribution in [0.3, 0.4) is 0 Å². The first kappa shape index (κ1) is 23.2. The molecule has 3 heterocycles. The standard InChI is InChI=1S/C25H28N6O3/c1-18-4-6-21(7-5-18)17-30-20(3)23(19(2)27-30)9-11-25(32)29-14-12-28(13-15-29)24-10-8-22(16-26-24)31(33)34/h4-11,16H,12-15,17H2,1-3H3/b11-9+. The second-order valence-electron chi connectivity index (χ2n) is 8.51. The number of hydrogen-bond acceptors (Lipinski definition) is 6. The summed E-state index contributed by atoms with van der Waals surface area (Å²) >= 11 is 0. The van der Waals surface area contributed by atoms with E-state index in [0.29, 0.717) is 38.5 Å². The van der Waals surface area contributed by atoms with Crippen LogP contribution in [0.4, 0.5) is 11.5 Å². The summed E-state index contributed by atoms with van der Waals surface area (Å²) in [5.74, 6) is 0.641. The number of nitrogens with zero attached hydrogens (tertiary/aromatic N) is 6. The SMILES string of the molecule is Cc1ccc(Cn2nc(C)c(/C=C/C(=O)N3CCN(c4ccc([N+](=O)[O-])cn4)CC3)c2C)cc1. The predicted molar refractivity (Wildman–Crippen MR) is 131 cm³/mol. The highest BCUT2D eigenvalue weighted by Crippen LogP contribution is 2.19. The molecule has 0 spiro atoms. The molecule has 1 saturated heterocycles. The van der Waals surface area contributed by atoms with Gasteiger partial charge in [0.05, 0.1) is 17.2 Å². The predicted octanol–water partition coefficient (Wildman–Crippen LogP) is 3.52. The highest BCUT2D eigenvalue weighted by atomic mass is 16.6. The van der Waals surface area contributed by atoms with E-state index in [1.807, 2.05) is 29.5 Å². The summed E-state index contributed by atoms with van der Waals surface area (Å²) in [6.07, 6.45) is 4.74. The summed E-state index contributed by atoms with van der Waals surface area (Å²) in [4.78, 5) is 31.1. The van der Waals surface area contributed by atoms with Crippen molar-refractivity contribution < 1.29 is 9.72 Å². The number of amides is 1. The number of benzene rings is 1. The van der Waals surface area contributed by atoms with E-state index >= 15 is 0 Å². The van der Waals surface area contributed by atoms with Crippen LogP contribution in [-0.4, -0.2) is 56.7 Å². The van der Waals surface area contributed by atoms with Crippen molar-refractivity contribution in [2.75, 3.05) is 31.1 Å². The molecule has 1 aliphatic rings. The van der Waals surface area contributed by atoms with Gasteiger partial charge in [-0.15, -0.1) is 0 Å². The third-order valence-corrected chi connectivity index (χ3v) is 6.14. The van der Waals surface area contributed by atoms with Gasteiger partial charge in [0.15, 0.2) is 0 Å². The van der Waals surface area contributed by atoms with Crippen LogP contribution in [0.25, 0.3) is 6.08 Å². The Labute approximate surface area is 198 Å². The lowest BCUT2D eigenvalue weighted by molar-refractivity contribution is -0.385. The van der Waals surface area contributed by atoms with E-state index in [9.17, 15) is 14.9 Å². The minimum absolute atomic E-state index is 0.0320. The first-order valence-electron chi connectivity index (χ1n) is 11.2. The maximum absolute atomic E-state index is 12.8. The molecule has 4 rings (SSSR count). The average molecular weight is 461 g/mol. The fourth-order valence-electron chi connectivity index (χ4n) is 4.06. The molecule has 0 saturated carbocycles. The van der Waals surface area contributed by atoms with E-state index in [0.717, 1.165) is 17.0 Å². The molecule has 0 bridgehead atoms. The average Bonchev–Trinajstić information content (AvgIpc) is 3.11. The van der Waals surface area contributed by atoms with E-state index in [1.165, 1.54) is 23.4 Å².